The quantitative estimate of drug-likeness (QED) is 0.785. The highest BCUT2D eigenvalue weighted by Gasteiger charge is 2.17. The number of carbonyl (C=O) groups excluding carboxylic acids is 2. The third kappa shape index (κ3) is 4.54. The second-order valence-corrected chi connectivity index (χ2v) is 6.91. The Morgan fingerprint density at radius 3 is 2.48 bits per heavy atom. The van der Waals surface area contributed by atoms with Gasteiger partial charge < -0.3 is 19.7 Å². The number of Topliss-reactive ketones (excluding diaryl/α,β-unsaturated/α-hetero) is 1. The summed E-state index contributed by atoms with van der Waals surface area (Å²) in [5, 5.41) is 2.89. The molecule has 1 N–H and O–H groups in total. The van der Waals surface area contributed by atoms with Gasteiger partial charge in [-0.3, -0.25) is 9.59 Å². The van der Waals surface area contributed by atoms with Gasteiger partial charge in [0.25, 0.3) is 5.91 Å². The lowest BCUT2D eigenvalue weighted by molar-refractivity contribution is 0.0942. The number of ketones is 1. The molecule has 0 aliphatic carbocycles. The molecular weight excluding hydrogens is 342 g/mol. The fraction of sp³-hybridized carbons (Fsp3) is 0.450. The molecule has 1 saturated heterocycles. The van der Waals surface area contributed by atoms with E-state index < -0.39 is 0 Å². The minimum absolute atomic E-state index is 0.0517. The van der Waals surface area contributed by atoms with Crippen molar-refractivity contribution in [3.63, 3.8) is 0 Å². The van der Waals surface area contributed by atoms with Gasteiger partial charge in [-0.1, -0.05) is 13.0 Å². The molecule has 3 heterocycles. The van der Waals surface area contributed by atoms with E-state index in [2.05, 4.69) is 27.0 Å². The minimum Gasteiger partial charge on any atom is -0.354 e. The predicted molar refractivity (Wildman–Crippen MR) is 105 cm³/mol. The van der Waals surface area contributed by atoms with Gasteiger partial charge in [-0.05, 0) is 31.2 Å². The number of aromatic nitrogens is 2. The molecular formula is C20H27N5O2. The summed E-state index contributed by atoms with van der Waals surface area (Å²) in [7, 11) is 1.76. The number of likely N-dealkylation sites (N-methyl/N-ethyl adjacent to an activating group) is 1. The van der Waals surface area contributed by atoms with E-state index in [4.69, 9.17) is 0 Å². The molecule has 144 valence electrons. The molecule has 0 aromatic carbocycles. The molecule has 1 fully saturated rings. The number of carbonyl (C=O) groups is 2. The molecule has 1 aliphatic heterocycles. The van der Waals surface area contributed by atoms with Crippen LogP contribution >= 0.6 is 0 Å². The Morgan fingerprint density at radius 2 is 1.93 bits per heavy atom. The number of hydrogen-bond acceptors (Lipinski definition) is 5. The summed E-state index contributed by atoms with van der Waals surface area (Å²) in [6.45, 7) is 9.28. The molecule has 27 heavy (non-hydrogen) atoms. The Kier molecular flexibility index (Phi) is 5.91. The number of nitrogens with one attached hydrogen (secondary N) is 1. The first-order valence-electron chi connectivity index (χ1n) is 9.35. The summed E-state index contributed by atoms with van der Waals surface area (Å²) in [6, 6.07) is 5.63. The van der Waals surface area contributed by atoms with Crippen LogP contribution in [0.15, 0.2) is 30.6 Å². The number of nitrogens with zero attached hydrogens (tertiary/aromatic N) is 4. The summed E-state index contributed by atoms with van der Waals surface area (Å²) < 4.78 is 1.67. The fourth-order valence-electron chi connectivity index (χ4n) is 3.26. The van der Waals surface area contributed by atoms with Gasteiger partial charge >= 0.3 is 0 Å². The highest BCUT2D eigenvalue weighted by molar-refractivity contribution is 5.99. The van der Waals surface area contributed by atoms with Crippen LogP contribution in [-0.2, 0) is 13.6 Å². The Morgan fingerprint density at radius 1 is 1.19 bits per heavy atom. The molecule has 0 bridgehead atoms. The normalized spacial score (nSPS) is 15.0. The van der Waals surface area contributed by atoms with E-state index in [1.54, 1.807) is 23.9 Å². The number of pyridine rings is 1. The molecule has 0 atom stereocenters. The molecule has 2 aromatic rings. The standard InChI is InChI=1S/C20H27N5O2/c1-4-24-7-9-25(10-8-24)19-6-5-16(12-21-19)13-22-20(27)18-11-17(15(2)26)14-23(18)3/h5-6,11-12,14H,4,7-10,13H2,1-3H3,(H,22,27). The second-order valence-electron chi connectivity index (χ2n) is 6.91. The van der Waals surface area contributed by atoms with Gasteiger partial charge in [0.15, 0.2) is 5.78 Å². The van der Waals surface area contributed by atoms with Gasteiger partial charge in [-0.15, -0.1) is 0 Å². The summed E-state index contributed by atoms with van der Waals surface area (Å²) >= 11 is 0. The summed E-state index contributed by atoms with van der Waals surface area (Å²) in [4.78, 5) is 33.1. The van der Waals surface area contributed by atoms with Crippen molar-refractivity contribution in [1.82, 2.24) is 19.8 Å². The van der Waals surface area contributed by atoms with E-state index in [1.807, 2.05) is 18.3 Å². The van der Waals surface area contributed by atoms with E-state index in [9.17, 15) is 9.59 Å². The van der Waals surface area contributed by atoms with Crippen molar-refractivity contribution < 1.29 is 9.59 Å². The molecule has 0 unspecified atom stereocenters. The minimum atomic E-state index is -0.204. The van der Waals surface area contributed by atoms with Crippen molar-refractivity contribution >= 4 is 17.5 Å². The average molecular weight is 369 g/mol. The first-order chi connectivity index (χ1) is 13.0. The third-order valence-electron chi connectivity index (χ3n) is 5.05. The summed E-state index contributed by atoms with van der Waals surface area (Å²) in [5.74, 6) is 0.725. The first-order valence-corrected chi connectivity index (χ1v) is 9.35. The van der Waals surface area contributed by atoms with Crippen LogP contribution in [0.5, 0.6) is 0 Å². The number of rotatable bonds is 6. The third-order valence-corrected chi connectivity index (χ3v) is 5.05. The van der Waals surface area contributed by atoms with Crippen molar-refractivity contribution in [2.75, 3.05) is 37.6 Å². The van der Waals surface area contributed by atoms with Gasteiger partial charge in [0.05, 0.1) is 0 Å². The molecule has 2 aromatic heterocycles. The number of anilines is 1. The molecule has 0 spiro atoms. The SMILES string of the molecule is CCN1CCN(c2ccc(CNC(=O)c3cc(C(C)=O)cn3C)cn2)CC1. The molecule has 7 nitrogen and oxygen atoms in total. The Hall–Kier alpha value is -2.67. The van der Waals surface area contributed by atoms with Crippen molar-refractivity contribution in [3.8, 4) is 0 Å². The molecule has 1 aliphatic rings. The first kappa shape index (κ1) is 19.1. The van der Waals surface area contributed by atoms with Gasteiger partial charge in [-0.2, -0.15) is 0 Å². The highest BCUT2D eigenvalue weighted by Crippen LogP contribution is 2.14. The van der Waals surface area contributed by atoms with Crippen molar-refractivity contribution in [1.29, 1.82) is 0 Å². The van der Waals surface area contributed by atoms with Crippen molar-refractivity contribution in [2.45, 2.75) is 20.4 Å². The average Bonchev–Trinajstić information content (AvgIpc) is 3.09. The van der Waals surface area contributed by atoms with Crippen LogP contribution in [0.2, 0.25) is 0 Å². The van der Waals surface area contributed by atoms with Crippen LogP contribution in [0.25, 0.3) is 0 Å². The Balaban J connectivity index is 1.56. The largest absolute Gasteiger partial charge is 0.354 e. The van der Waals surface area contributed by atoms with Crippen LogP contribution in [-0.4, -0.2) is 58.9 Å². The summed E-state index contributed by atoms with van der Waals surface area (Å²) in [6.07, 6.45) is 3.49. The maximum absolute atomic E-state index is 12.4. The summed E-state index contributed by atoms with van der Waals surface area (Å²) in [5.41, 5.74) is 1.95. The molecule has 0 saturated carbocycles. The van der Waals surface area contributed by atoms with Gasteiger partial charge in [-0.25, -0.2) is 4.98 Å². The van der Waals surface area contributed by atoms with Crippen LogP contribution < -0.4 is 10.2 Å². The Labute approximate surface area is 160 Å². The van der Waals surface area contributed by atoms with E-state index in [1.165, 1.54) is 6.92 Å². The second kappa shape index (κ2) is 8.35. The number of aryl methyl sites for hydroxylation is 1. The number of piperazine rings is 1. The van der Waals surface area contributed by atoms with Crippen LogP contribution in [0, 0.1) is 0 Å². The number of amides is 1. The molecule has 1 amide bonds. The molecule has 0 radical (unpaired) electrons. The van der Waals surface area contributed by atoms with Crippen molar-refractivity contribution in [2.24, 2.45) is 7.05 Å². The lowest BCUT2D eigenvalue weighted by Gasteiger charge is -2.34. The fourth-order valence-corrected chi connectivity index (χ4v) is 3.26. The maximum atomic E-state index is 12.4. The maximum Gasteiger partial charge on any atom is 0.268 e. The van der Waals surface area contributed by atoms with E-state index in [0.29, 0.717) is 17.8 Å². The van der Waals surface area contributed by atoms with E-state index >= 15 is 0 Å². The smallest absolute Gasteiger partial charge is 0.268 e. The topological polar surface area (TPSA) is 70.5 Å². The zero-order chi connectivity index (χ0) is 19.4. The zero-order valence-electron chi connectivity index (χ0n) is 16.2. The van der Waals surface area contributed by atoms with E-state index in [0.717, 1.165) is 44.1 Å². The van der Waals surface area contributed by atoms with Crippen LogP contribution in [0.1, 0.15) is 40.3 Å². The molecule has 7 heteroatoms. The van der Waals surface area contributed by atoms with Crippen LogP contribution in [0.4, 0.5) is 5.82 Å². The van der Waals surface area contributed by atoms with Gasteiger partial charge in [0.1, 0.15) is 11.5 Å². The zero-order valence-corrected chi connectivity index (χ0v) is 16.2. The van der Waals surface area contributed by atoms with E-state index in [-0.39, 0.29) is 11.7 Å². The lowest BCUT2D eigenvalue weighted by Crippen LogP contribution is -2.46. The van der Waals surface area contributed by atoms with Crippen molar-refractivity contribution in [3.05, 3.63) is 47.4 Å². The predicted octanol–water partition coefficient (Wildman–Crippen LogP) is 1.69. The van der Waals surface area contributed by atoms with Gasteiger partial charge in [0, 0.05) is 57.7 Å². The monoisotopic (exact) mass is 369 g/mol. The molecule has 3 rings (SSSR count). The lowest BCUT2D eigenvalue weighted by atomic mass is 10.2. The Bertz CT molecular complexity index is 804. The number of hydrogen-bond donors (Lipinski definition) is 1. The van der Waals surface area contributed by atoms with Crippen LogP contribution in [0.3, 0.4) is 0 Å². The highest BCUT2D eigenvalue weighted by atomic mass is 16.2. The van der Waals surface area contributed by atoms with Gasteiger partial charge in [0.2, 0.25) is 0 Å².